The molecule has 0 N–H and O–H groups in total. The van der Waals surface area contributed by atoms with Gasteiger partial charge in [0.1, 0.15) is 13.0 Å². The summed E-state index contributed by atoms with van der Waals surface area (Å²) in [4.78, 5) is 65.7. The number of ether oxygens (including phenoxy) is 5. The standard InChI is InChI=1S/C36H35N3O10/c1-24-21-38(36(44)39(31(24)40)23-46-22-25-10-4-2-5-11-25)30-20-29(48-34(43)26-12-6-3-7-13-26)35(49-30)47-19-18-45-17-16-37-32(41)27-14-8-9-15-28(27)33(37)42/h2-15,21,29-30,35H,16-20,22-23H2,1H3/t29-,30?,35?/m0/s1. The molecule has 2 unspecified atom stereocenters. The van der Waals surface area contributed by atoms with Gasteiger partial charge in [0, 0.05) is 18.2 Å². The smallest absolute Gasteiger partial charge is 0.338 e. The Balaban J connectivity index is 1.09. The van der Waals surface area contributed by atoms with Crippen LogP contribution in [0.5, 0.6) is 0 Å². The number of hydrogen-bond donors (Lipinski definition) is 0. The number of imide groups is 1. The average Bonchev–Trinajstić information content (AvgIpc) is 3.63. The van der Waals surface area contributed by atoms with Gasteiger partial charge in [0.05, 0.1) is 49.7 Å². The summed E-state index contributed by atoms with van der Waals surface area (Å²) in [5.41, 5.74) is 1.09. The SMILES string of the molecule is Cc1cn(C2C[C@H](OC(=O)c3ccccc3)C(OCCOCCN3C(=O)c4ccccc4C3=O)O2)c(=O)n(COCc2ccccc2)c1=O. The Hall–Kier alpha value is -5.21. The van der Waals surface area contributed by atoms with Crippen molar-refractivity contribution in [3.05, 3.63) is 140 Å². The van der Waals surface area contributed by atoms with Gasteiger partial charge in [-0.05, 0) is 36.8 Å². The second-order valence-electron chi connectivity index (χ2n) is 11.5. The van der Waals surface area contributed by atoms with Crippen LogP contribution in [-0.4, -0.2) is 70.6 Å². The highest BCUT2D eigenvalue weighted by molar-refractivity contribution is 6.21. The summed E-state index contributed by atoms with van der Waals surface area (Å²) in [6.45, 7) is 1.76. The van der Waals surface area contributed by atoms with Crippen molar-refractivity contribution in [1.82, 2.24) is 14.0 Å². The van der Waals surface area contributed by atoms with Gasteiger partial charge in [-0.15, -0.1) is 0 Å². The molecule has 0 bridgehead atoms. The highest BCUT2D eigenvalue weighted by atomic mass is 16.7. The van der Waals surface area contributed by atoms with Crippen LogP contribution in [0, 0.1) is 6.92 Å². The van der Waals surface area contributed by atoms with Crippen molar-refractivity contribution < 1.29 is 38.1 Å². The lowest BCUT2D eigenvalue weighted by molar-refractivity contribution is -0.183. The second-order valence-corrected chi connectivity index (χ2v) is 11.5. The highest BCUT2D eigenvalue weighted by Crippen LogP contribution is 2.31. The Labute approximate surface area is 281 Å². The first-order valence-corrected chi connectivity index (χ1v) is 15.8. The van der Waals surface area contributed by atoms with Gasteiger partial charge in [-0.1, -0.05) is 60.7 Å². The average molecular weight is 670 g/mol. The van der Waals surface area contributed by atoms with E-state index in [0.717, 1.165) is 15.0 Å². The monoisotopic (exact) mass is 669 g/mol. The van der Waals surface area contributed by atoms with Crippen LogP contribution in [0.1, 0.15) is 54.8 Å². The van der Waals surface area contributed by atoms with E-state index in [-0.39, 0.29) is 57.9 Å². The van der Waals surface area contributed by atoms with Crippen molar-refractivity contribution in [2.45, 2.75) is 45.3 Å². The van der Waals surface area contributed by atoms with Gasteiger partial charge in [0.15, 0.2) is 12.4 Å². The first-order valence-electron chi connectivity index (χ1n) is 15.8. The molecule has 13 heteroatoms. The van der Waals surface area contributed by atoms with Gasteiger partial charge in [-0.3, -0.25) is 23.9 Å². The highest BCUT2D eigenvalue weighted by Gasteiger charge is 2.41. The Morgan fingerprint density at radius 1 is 0.816 bits per heavy atom. The molecule has 0 saturated carbocycles. The van der Waals surface area contributed by atoms with Gasteiger partial charge in [0.2, 0.25) is 0 Å². The fourth-order valence-electron chi connectivity index (χ4n) is 5.65. The molecular weight excluding hydrogens is 634 g/mol. The molecule has 2 aliphatic heterocycles. The number of fused-ring (bicyclic) bond motifs is 1. The molecule has 2 amide bonds. The van der Waals surface area contributed by atoms with Crippen molar-refractivity contribution in [3.8, 4) is 0 Å². The number of carbonyl (C=O) groups excluding carboxylic acids is 3. The largest absolute Gasteiger partial charge is 0.453 e. The molecule has 1 aromatic heterocycles. The second kappa shape index (κ2) is 15.3. The third kappa shape index (κ3) is 7.60. The summed E-state index contributed by atoms with van der Waals surface area (Å²) in [6, 6.07) is 24.4. The van der Waals surface area contributed by atoms with E-state index in [4.69, 9.17) is 23.7 Å². The number of amides is 2. The molecule has 1 fully saturated rings. The molecular formula is C36H35N3O10. The first-order chi connectivity index (χ1) is 23.8. The van der Waals surface area contributed by atoms with E-state index in [1.807, 2.05) is 30.3 Å². The lowest BCUT2D eigenvalue weighted by Crippen LogP contribution is -2.42. The molecule has 0 spiro atoms. The molecule has 0 radical (unpaired) electrons. The summed E-state index contributed by atoms with van der Waals surface area (Å²) < 4.78 is 31.4. The molecule has 6 rings (SSSR count). The van der Waals surface area contributed by atoms with Crippen molar-refractivity contribution >= 4 is 17.8 Å². The lowest BCUT2D eigenvalue weighted by Gasteiger charge is -2.20. The Morgan fingerprint density at radius 2 is 1.47 bits per heavy atom. The van der Waals surface area contributed by atoms with Gasteiger partial charge in [0.25, 0.3) is 17.4 Å². The summed E-state index contributed by atoms with van der Waals surface area (Å²) in [5, 5.41) is 0. The minimum atomic E-state index is -1.07. The summed E-state index contributed by atoms with van der Waals surface area (Å²) >= 11 is 0. The van der Waals surface area contributed by atoms with Crippen LogP contribution < -0.4 is 11.2 Å². The Morgan fingerprint density at radius 3 is 2.16 bits per heavy atom. The molecule has 3 heterocycles. The topological polar surface area (TPSA) is 145 Å². The molecule has 3 aromatic carbocycles. The molecule has 49 heavy (non-hydrogen) atoms. The summed E-state index contributed by atoms with van der Waals surface area (Å²) in [7, 11) is 0. The molecule has 4 aromatic rings. The number of rotatable bonds is 14. The molecule has 2 aliphatic rings. The zero-order valence-corrected chi connectivity index (χ0v) is 26.8. The van der Waals surface area contributed by atoms with Crippen molar-refractivity contribution in [3.63, 3.8) is 0 Å². The minimum absolute atomic E-state index is 0.0135. The number of benzene rings is 3. The summed E-state index contributed by atoms with van der Waals surface area (Å²) in [6.07, 6.45) is -1.44. The van der Waals surface area contributed by atoms with E-state index < -0.39 is 35.8 Å². The molecule has 0 aliphatic carbocycles. The van der Waals surface area contributed by atoms with E-state index in [2.05, 4.69) is 0 Å². The van der Waals surface area contributed by atoms with Crippen molar-refractivity contribution in [1.29, 1.82) is 0 Å². The number of aryl methyl sites for hydroxylation is 1. The molecule has 1 saturated heterocycles. The first kappa shape index (κ1) is 33.7. The van der Waals surface area contributed by atoms with Crippen LogP contribution in [0.2, 0.25) is 0 Å². The van der Waals surface area contributed by atoms with Crippen molar-refractivity contribution in [2.24, 2.45) is 0 Å². The van der Waals surface area contributed by atoms with Crippen LogP contribution in [0.25, 0.3) is 0 Å². The van der Waals surface area contributed by atoms with Gasteiger partial charge < -0.3 is 23.7 Å². The van der Waals surface area contributed by atoms with Gasteiger partial charge in [-0.25, -0.2) is 14.2 Å². The lowest BCUT2D eigenvalue weighted by atomic mass is 10.1. The van der Waals surface area contributed by atoms with Gasteiger partial charge in [-0.2, -0.15) is 0 Å². The zero-order valence-electron chi connectivity index (χ0n) is 26.8. The third-order valence-corrected chi connectivity index (χ3v) is 8.15. The van der Waals surface area contributed by atoms with Crippen LogP contribution in [0.3, 0.4) is 0 Å². The Bertz CT molecular complexity index is 1890. The predicted molar refractivity (Wildman–Crippen MR) is 174 cm³/mol. The number of nitrogens with zero attached hydrogens (tertiary/aromatic N) is 3. The molecule has 13 nitrogen and oxygen atoms in total. The van der Waals surface area contributed by atoms with E-state index in [1.54, 1.807) is 61.5 Å². The Kier molecular flexibility index (Phi) is 10.5. The fraction of sp³-hybridized carbons (Fsp3) is 0.306. The number of aromatic nitrogens is 2. The van der Waals surface area contributed by atoms with Crippen LogP contribution >= 0.6 is 0 Å². The predicted octanol–water partition coefficient (Wildman–Crippen LogP) is 3.29. The van der Waals surface area contributed by atoms with Crippen LogP contribution in [-0.2, 0) is 37.0 Å². The van der Waals surface area contributed by atoms with E-state index in [9.17, 15) is 24.0 Å². The maximum Gasteiger partial charge on any atom is 0.338 e. The third-order valence-electron chi connectivity index (χ3n) is 8.15. The van der Waals surface area contributed by atoms with Crippen molar-refractivity contribution in [2.75, 3.05) is 26.4 Å². The molecule has 3 atom stereocenters. The normalized spacial score (nSPS) is 18.6. The van der Waals surface area contributed by atoms with Gasteiger partial charge >= 0.3 is 11.7 Å². The van der Waals surface area contributed by atoms with Crippen LogP contribution in [0.4, 0.5) is 0 Å². The molecule has 254 valence electrons. The van der Waals surface area contributed by atoms with E-state index in [1.165, 1.54) is 10.8 Å². The maximum atomic E-state index is 13.5. The minimum Gasteiger partial charge on any atom is -0.453 e. The van der Waals surface area contributed by atoms with Crippen LogP contribution in [0.15, 0.2) is 101 Å². The fourth-order valence-corrected chi connectivity index (χ4v) is 5.65. The number of hydrogen-bond acceptors (Lipinski definition) is 10. The number of carbonyl (C=O) groups is 3. The van der Waals surface area contributed by atoms with E-state index in [0.29, 0.717) is 22.3 Å². The summed E-state index contributed by atoms with van der Waals surface area (Å²) in [5.74, 6) is -1.33. The van der Waals surface area contributed by atoms with E-state index >= 15 is 0 Å². The quantitative estimate of drug-likeness (QED) is 0.111. The maximum absolute atomic E-state index is 13.5. The number of esters is 1. The zero-order chi connectivity index (χ0) is 34.3.